The Kier molecular flexibility index (Phi) is 6.90. The summed E-state index contributed by atoms with van der Waals surface area (Å²) in [6, 6.07) is 4.39. The highest BCUT2D eigenvalue weighted by atomic mass is 32.2. The molecule has 0 saturated carbocycles. The molecule has 0 amide bonds. The lowest BCUT2D eigenvalue weighted by atomic mass is 10.3. The summed E-state index contributed by atoms with van der Waals surface area (Å²) in [6.45, 7) is 1.09. The third-order valence-corrected chi connectivity index (χ3v) is 4.82. The van der Waals surface area contributed by atoms with E-state index in [9.17, 15) is 8.42 Å². The topological polar surface area (TPSA) is 91.1 Å². The number of hydrogen-bond donors (Lipinski definition) is 1. The van der Waals surface area contributed by atoms with Crippen molar-refractivity contribution < 1.29 is 22.6 Å². The van der Waals surface area contributed by atoms with Crippen LogP contribution in [0.25, 0.3) is 0 Å². The van der Waals surface area contributed by atoms with Crippen molar-refractivity contribution in [1.29, 1.82) is 0 Å². The van der Waals surface area contributed by atoms with Crippen LogP contribution in [0.1, 0.15) is 0 Å². The van der Waals surface area contributed by atoms with Crippen molar-refractivity contribution in [1.82, 2.24) is 4.31 Å². The van der Waals surface area contributed by atoms with Gasteiger partial charge in [0.15, 0.2) is 0 Å². The summed E-state index contributed by atoms with van der Waals surface area (Å²) in [5.41, 5.74) is 6.05. The second kappa shape index (κ2) is 8.18. The summed E-state index contributed by atoms with van der Waals surface area (Å²) >= 11 is 0. The maximum Gasteiger partial charge on any atom is 0.243 e. The minimum Gasteiger partial charge on any atom is -0.495 e. The van der Waals surface area contributed by atoms with Gasteiger partial charge in [0.1, 0.15) is 5.75 Å². The van der Waals surface area contributed by atoms with Crippen molar-refractivity contribution in [2.45, 2.75) is 4.90 Å². The standard InChI is InChI=1S/C13H22N2O5S/c1-18-8-6-15(7-9-19-2)21(16,17)11-4-5-13(20-3)12(14)10-11/h4-5,10H,6-9,14H2,1-3H3. The molecule has 0 atom stereocenters. The molecule has 8 heteroatoms. The Bertz CT molecular complexity index is 539. The minimum atomic E-state index is -3.66. The molecule has 1 aromatic rings. The van der Waals surface area contributed by atoms with Crippen LogP contribution in [0.15, 0.2) is 23.1 Å². The van der Waals surface area contributed by atoms with Crippen LogP contribution in [0.5, 0.6) is 5.75 Å². The van der Waals surface area contributed by atoms with Crippen LogP contribution in [0.2, 0.25) is 0 Å². The number of anilines is 1. The molecule has 0 saturated heterocycles. The van der Waals surface area contributed by atoms with Gasteiger partial charge in [-0.25, -0.2) is 8.42 Å². The lowest BCUT2D eigenvalue weighted by molar-refractivity contribution is 0.150. The van der Waals surface area contributed by atoms with Crippen LogP contribution in [-0.2, 0) is 19.5 Å². The molecule has 2 N–H and O–H groups in total. The van der Waals surface area contributed by atoms with Crippen molar-refractivity contribution in [3.05, 3.63) is 18.2 Å². The van der Waals surface area contributed by atoms with Crippen LogP contribution < -0.4 is 10.5 Å². The maximum atomic E-state index is 12.6. The number of hydrogen-bond acceptors (Lipinski definition) is 6. The van der Waals surface area contributed by atoms with Crippen LogP contribution in [-0.4, -0.2) is 60.4 Å². The normalized spacial score (nSPS) is 11.8. The highest BCUT2D eigenvalue weighted by molar-refractivity contribution is 7.89. The summed E-state index contributed by atoms with van der Waals surface area (Å²) in [4.78, 5) is 0.119. The molecule has 0 bridgehead atoms. The highest BCUT2D eigenvalue weighted by Gasteiger charge is 2.24. The van der Waals surface area contributed by atoms with Gasteiger partial charge in [0.05, 0.1) is 30.9 Å². The molecule has 21 heavy (non-hydrogen) atoms. The first-order valence-corrected chi connectivity index (χ1v) is 7.83. The van der Waals surface area contributed by atoms with Crippen molar-refractivity contribution in [2.24, 2.45) is 0 Å². The number of nitrogen functional groups attached to an aromatic ring is 1. The maximum absolute atomic E-state index is 12.6. The van der Waals surface area contributed by atoms with Crippen LogP contribution in [0.3, 0.4) is 0 Å². The van der Waals surface area contributed by atoms with Crippen LogP contribution in [0.4, 0.5) is 5.69 Å². The van der Waals surface area contributed by atoms with E-state index in [4.69, 9.17) is 19.9 Å². The highest BCUT2D eigenvalue weighted by Crippen LogP contribution is 2.26. The Morgan fingerprint density at radius 2 is 1.67 bits per heavy atom. The van der Waals surface area contributed by atoms with Gasteiger partial charge in [-0.2, -0.15) is 4.31 Å². The molecule has 0 aliphatic carbocycles. The van der Waals surface area contributed by atoms with Crippen molar-refractivity contribution in [3.8, 4) is 5.75 Å². The summed E-state index contributed by atoms with van der Waals surface area (Å²) in [7, 11) is 0.861. The number of methoxy groups -OCH3 is 3. The van der Waals surface area contributed by atoms with Gasteiger partial charge in [-0.3, -0.25) is 0 Å². The predicted octanol–water partition coefficient (Wildman–Crippen LogP) is 0.561. The average Bonchev–Trinajstić information content (AvgIpc) is 2.47. The molecule has 0 aliphatic heterocycles. The van der Waals surface area contributed by atoms with Gasteiger partial charge in [0.2, 0.25) is 10.0 Å². The zero-order valence-electron chi connectivity index (χ0n) is 12.5. The Morgan fingerprint density at radius 3 is 2.10 bits per heavy atom. The second-order valence-electron chi connectivity index (χ2n) is 4.29. The summed E-state index contributed by atoms with van der Waals surface area (Å²) in [6.07, 6.45) is 0. The van der Waals surface area contributed by atoms with E-state index in [1.54, 1.807) is 0 Å². The van der Waals surface area contributed by atoms with Crippen molar-refractivity contribution in [3.63, 3.8) is 0 Å². The largest absolute Gasteiger partial charge is 0.495 e. The van der Waals surface area contributed by atoms with Gasteiger partial charge < -0.3 is 19.9 Å². The Labute approximate surface area is 125 Å². The molecule has 0 aromatic heterocycles. The number of ether oxygens (including phenoxy) is 3. The second-order valence-corrected chi connectivity index (χ2v) is 6.23. The van der Waals surface area contributed by atoms with Gasteiger partial charge in [0, 0.05) is 27.3 Å². The quantitative estimate of drug-likeness (QED) is 0.669. The smallest absolute Gasteiger partial charge is 0.243 e. The van der Waals surface area contributed by atoms with Crippen LogP contribution >= 0.6 is 0 Å². The van der Waals surface area contributed by atoms with Gasteiger partial charge >= 0.3 is 0 Å². The third-order valence-electron chi connectivity index (χ3n) is 2.93. The van der Waals surface area contributed by atoms with E-state index in [-0.39, 0.29) is 23.7 Å². The summed E-state index contributed by atoms with van der Waals surface area (Å²) in [5, 5.41) is 0. The van der Waals surface area contributed by atoms with Gasteiger partial charge in [-0.15, -0.1) is 0 Å². The lowest BCUT2D eigenvalue weighted by Gasteiger charge is -2.22. The van der Waals surface area contributed by atoms with E-state index < -0.39 is 10.0 Å². The monoisotopic (exact) mass is 318 g/mol. The lowest BCUT2D eigenvalue weighted by Crippen LogP contribution is -2.36. The molecule has 0 aliphatic rings. The van der Waals surface area contributed by atoms with E-state index in [0.717, 1.165) is 0 Å². The number of rotatable bonds is 9. The number of benzene rings is 1. The molecular weight excluding hydrogens is 296 g/mol. The Morgan fingerprint density at radius 1 is 1.10 bits per heavy atom. The molecule has 0 radical (unpaired) electrons. The molecule has 0 heterocycles. The van der Waals surface area contributed by atoms with E-state index in [1.165, 1.54) is 43.8 Å². The number of sulfonamides is 1. The van der Waals surface area contributed by atoms with Gasteiger partial charge in [-0.05, 0) is 18.2 Å². The molecule has 0 unspecified atom stereocenters. The first-order chi connectivity index (χ1) is 9.97. The molecular formula is C13H22N2O5S. The predicted molar refractivity (Wildman–Crippen MR) is 79.9 cm³/mol. The fourth-order valence-electron chi connectivity index (χ4n) is 1.76. The summed E-state index contributed by atoms with van der Waals surface area (Å²) in [5.74, 6) is 0.439. The number of nitrogens with two attached hydrogens (primary N) is 1. The average molecular weight is 318 g/mol. The molecule has 120 valence electrons. The fourth-order valence-corrected chi connectivity index (χ4v) is 3.20. The molecule has 0 fully saturated rings. The minimum absolute atomic E-state index is 0.119. The van der Waals surface area contributed by atoms with E-state index in [1.807, 2.05) is 0 Å². The SMILES string of the molecule is COCCN(CCOC)S(=O)(=O)c1ccc(OC)c(N)c1. The Balaban J connectivity index is 3.06. The fraction of sp³-hybridized carbons (Fsp3) is 0.538. The molecule has 7 nitrogen and oxygen atoms in total. The zero-order valence-corrected chi connectivity index (χ0v) is 13.4. The van der Waals surface area contributed by atoms with E-state index in [2.05, 4.69) is 0 Å². The summed E-state index contributed by atoms with van der Waals surface area (Å²) < 4.78 is 41.5. The zero-order chi connectivity index (χ0) is 15.9. The van der Waals surface area contributed by atoms with Crippen LogP contribution in [0, 0.1) is 0 Å². The number of nitrogens with zero attached hydrogens (tertiary/aromatic N) is 1. The first kappa shape index (κ1) is 17.7. The van der Waals surface area contributed by atoms with Crippen molar-refractivity contribution >= 4 is 15.7 Å². The van der Waals surface area contributed by atoms with Crippen molar-refractivity contribution in [2.75, 3.05) is 53.4 Å². The third kappa shape index (κ3) is 4.57. The van der Waals surface area contributed by atoms with E-state index >= 15 is 0 Å². The molecule has 1 rings (SSSR count). The molecule has 1 aromatic carbocycles. The molecule has 0 spiro atoms. The van der Waals surface area contributed by atoms with Gasteiger partial charge in [-0.1, -0.05) is 0 Å². The Hall–Kier alpha value is -1.35. The van der Waals surface area contributed by atoms with E-state index in [0.29, 0.717) is 19.0 Å². The first-order valence-electron chi connectivity index (χ1n) is 6.39. The van der Waals surface area contributed by atoms with Gasteiger partial charge in [0.25, 0.3) is 0 Å².